The average Bonchev–Trinajstić information content (AvgIpc) is 2.61. The number of guanidine groups is 1. The first-order valence-corrected chi connectivity index (χ1v) is 8.62. The largest absolute Gasteiger partial charge is 0.382 e. The molecule has 0 aliphatic carbocycles. The van der Waals surface area contributed by atoms with E-state index in [0.717, 1.165) is 31.7 Å². The smallest absolute Gasteiger partial charge is 0.253 e. The molecule has 1 rings (SSSR count). The molecule has 1 amide bonds. The van der Waals surface area contributed by atoms with Gasteiger partial charge in [0.2, 0.25) is 0 Å². The molecule has 24 heavy (non-hydrogen) atoms. The number of ether oxygens (including phenoxy) is 1. The maximum Gasteiger partial charge on any atom is 0.253 e. The van der Waals surface area contributed by atoms with Gasteiger partial charge in [-0.25, -0.2) is 4.99 Å². The maximum atomic E-state index is 12.2. The lowest BCUT2D eigenvalue weighted by Gasteiger charge is -2.18. The van der Waals surface area contributed by atoms with E-state index in [1.165, 1.54) is 0 Å². The number of hydrogen-bond donors (Lipinski definition) is 2. The van der Waals surface area contributed by atoms with Crippen molar-refractivity contribution in [2.45, 2.75) is 33.7 Å². The molecule has 0 aliphatic heterocycles. The fraction of sp³-hybridized carbons (Fsp3) is 0.556. The highest BCUT2D eigenvalue weighted by Gasteiger charge is 2.11. The summed E-state index contributed by atoms with van der Waals surface area (Å²) >= 11 is 0. The standard InChI is InChI=1S/C18H30N4O2/c1-4-22(5-2)17(23)16-10-8-15(9-11-16)14-21-18(19)20-12-7-13-24-6-3/h8-11H,4-7,12-14H2,1-3H3,(H3,19,20,21). The number of carbonyl (C=O) groups excluding carboxylic acids is 1. The Morgan fingerprint density at radius 3 is 2.46 bits per heavy atom. The third kappa shape index (κ3) is 7.00. The minimum Gasteiger partial charge on any atom is -0.382 e. The lowest BCUT2D eigenvalue weighted by molar-refractivity contribution is 0.0773. The summed E-state index contributed by atoms with van der Waals surface area (Å²) < 4.78 is 5.26. The molecule has 0 unspecified atom stereocenters. The predicted molar refractivity (Wildman–Crippen MR) is 98.1 cm³/mol. The van der Waals surface area contributed by atoms with Crippen molar-refractivity contribution in [1.29, 1.82) is 0 Å². The number of hydrogen-bond acceptors (Lipinski definition) is 3. The van der Waals surface area contributed by atoms with Gasteiger partial charge in [0, 0.05) is 38.4 Å². The molecular formula is C18H30N4O2. The van der Waals surface area contributed by atoms with Gasteiger partial charge in [0.05, 0.1) is 6.54 Å². The van der Waals surface area contributed by atoms with Crippen molar-refractivity contribution in [2.75, 3.05) is 32.8 Å². The van der Waals surface area contributed by atoms with E-state index < -0.39 is 0 Å². The molecule has 0 fully saturated rings. The Bertz CT molecular complexity index is 510. The summed E-state index contributed by atoms with van der Waals surface area (Å²) in [4.78, 5) is 18.3. The fourth-order valence-corrected chi connectivity index (χ4v) is 2.21. The van der Waals surface area contributed by atoms with E-state index in [1.807, 2.05) is 45.0 Å². The molecule has 0 spiro atoms. The Morgan fingerprint density at radius 1 is 1.21 bits per heavy atom. The Kier molecular flexibility index (Phi) is 9.53. The number of nitrogens with two attached hydrogens (primary N) is 1. The monoisotopic (exact) mass is 334 g/mol. The topological polar surface area (TPSA) is 80.0 Å². The van der Waals surface area contributed by atoms with Crippen LogP contribution in [0.2, 0.25) is 0 Å². The van der Waals surface area contributed by atoms with Crippen LogP contribution in [0.4, 0.5) is 0 Å². The van der Waals surface area contributed by atoms with E-state index in [1.54, 1.807) is 4.90 Å². The Balaban J connectivity index is 2.46. The quantitative estimate of drug-likeness (QED) is 0.390. The molecule has 0 atom stereocenters. The summed E-state index contributed by atoms with van der Waals surface area (Å²) in [7, 11) is 0. The first-order valence-electron chi connectivity index (χ1n) is 8.62. The van der Waals surface area contributed by atoms with E-state index in [4.69, 9.17) is 10.5 Å². The molecule has 0 saturated heterocycles. The van der Waals surface area contributed by atoms with Gasteiger partial charge in [0.25, 0.3) is 5.91 Å². The Hall–Kier alpha value is -2.08. The first-order chi connectivity index (χ1) is 11.6. The summed E-state index contributed by atoms with van der Waals surface area (Å²) in [5.74, 6) is 0.486. The molecule has 6 heteroatoms. The summed E-state index contributed by atoms with van der Waals surface area (Å²) in [6.45, 7) is 10.1. The number of nitrogens with zero attached hydrogens (tertiary/aromatic N) is 2. The van der Waals surface area contributed by atoms with Crippen LogP contribution in [-0.2, 0) is 11.3 Å². The van der Waals surface area contributed by atoms with Gasteiger partial charge in [0.15, 0.2) is 5.96 Å². The Labute approximate surface area is 145 Å². The molecule has 6 nitrogen and oxygen atoms in total. The van der Waals surface area contributed by atoms with Crippen LogP contribution in [0.1, 0.15) is 43.1 Å². The van der Waals surface area contributed by atoms with Gasteiger partial charge in [-0.1, -0.05) is 12.1 Å². The number of nitrogens with one attached hydrogen (secondary N) is 1. The van der Waals surface area contributed by atoms with Gasteiger partial charge in [-0.05, 0) is 44.9 Å². The lowest BCUT2D eigenvalue weighted by atomic mass is 10.1. The molecule has 0 bridgehead atoms. The highest BCUT2D eigenvalue weighted by atomic mass is 16.5. The molecular weight excluding hydrogens is 304 g/mol. The van der Waals surface area contributed by atoms with Crippen LogP contribution in [-0.4, -0.2) is 49.6 Å². The second-order valence-corrected chi connectivity index (χ2v) is 5.35. The van der Waals surface area contributed by atoms with Gasteiger partial charge >= 0.3 is 0 Å². The van der Waals surface area contributed by atoms with Crippen molar-refractivity contribution in [2.24, 2.45) is 10.7 Å². The van der Waals surface area contributed by atoms with Crippen molar-refractivity contribution >= 4 is 11.9 Å². The summed E-state index contributed by atoms with van der Waals surface area (Å²) in [6.07, 6.45) is 0.895. The summed E-state index contributed by atoms with van der Waals surface area (Å²) in [5, 5.41) is 3.06. The van der Waals surface area contributed by atoms with Gasteiger partial charge in [-0.3, -0.25) is 4.79 Å². The molecule has 1 aromatic carbocycles. The molecule has 1 aromatic rings. The van der Waals surface area contributed by atoms with Crippen LogP contribution in [0.25, 0.3) is 0 Å². The third-order valence-corrected chi connectivity index (χ3v) is 3.66. The number of amides is 1. The van der Waals surface area contributed by atoms with Crippen molar-refractivity contribution in [3.63, 3.8) is 0 Å². The van der Waals surface area contributed by atoms with Crippen LogP contribution in [0.15, 0.2) is 29.3 Å². The van der Waals surface area contributed by atoms with Gasteiger partial charge in [0.1, 0.15) is 0 Å². The zero-order chi connectivity index (χ0) is 17.8. The van der Waals surface area contributed by atoms with Crippen molar-refractivity contribution < 1.29 is 9.53 Å². The van der Waals surface area contributed by atoms with E-state index in [0.29, 0.717) is 31.2 Å². The zero-order valence-electron chi connectivity index (χ0n) is 15.0. The highest BCUT2D eigenvalue weighted by molar-refractivity contribution is 5.94. The van der Waals surface area contributed by atoms with Crippen molar-refractivity contribution in [3.05, 3.63) is 35.4 Å². The molecule has 0 radical (unpaired) electrons. The molecule has 0 heterocycles. The molecule has 0 saturated carbocycles. The number of rotatable bonds is 10. The minimum atomic E-state index is 0.0607. The van der Waals surface area contributed by atoms with Crippen LogP contribution in [0, 0.1) is 0 Å². The van der Waals surface area contributed by atoms with E-state index in [2.05, 4.69) is 10.3 Å². The fourth-order valence-electron chi connectivity index (χ4n) is 2.21. The summed E-state index contributed by atoms with van der Waals surface area (Å²) in [5.41, 5.74) is 7.55. The number of carbonyl (C=O) groups is 1. The van der Waals surface area contributed by atoms with Gasteiger partial charge < -0.3 is 20.7 Å². The first kappa shape index (κ1) is 20.0. The van der Waals surface area contributed by atoms with Crippen molar-refractivity contribution in [1.82, 2.24) is 10.2 Å². The lowest BCUT2D eigenvalue weighted by Crippen LogP contribution is -2.32. The van der Waals surface area contributed by atoms with Crippen molar-refractivity contribution in [3.8, 4) is 0 Å². The predicted octanol–water partition coefficient (Wildman–Crippen LogP) is 2.00. The SMILES string of the molecule is CCOCCCNC(N)=NCc1ccc(C(=O)N(CC)CC)cc1. The highest BCUT2D eigenvalue weighted by Crippen LogP contribution is 2.08. The average molecular weight is 334 g/mol. The van der Waals surface area contributed by atoms with E-state index in [9.17, 15) is 4.79 Å². The summed E-state index contributed by atoms with van der Waals surface area (Å²) in [6, 6.07) is 7.53. The van der Waals surface area contributed by atoms with Crippen LogP contribution < -0.4 is 11.1 Å². The molecule has 134 valence electrons. The third-order valence-electron chi connectivity index (χ3n) is 3.66. The van der Waals surface area contributed by atoms with Gasteiger partial charge in [-0.2, -0.15) is 0 Å². The second-order valence-electron chi connectivity index (χ2n) is 5.35. The van der Waals surface area contributed by atoms with Crippen LogP contribution in [0.5, 0.6) is 0 Å². The number of benzene rings is 1. The minimum absolute atomic E-state index is 0.0607. The maximum absolute atomic E-state index is 12.2. The van der Waals surface area contributed by atoms with Gasteiger partial charge in [-0.15, -0.1) is 0 Å². The normalized spacial score (nSPS) is 11.4. The van der Waals surface area contributed by atoms with Crippen LogP contribution in [0.3, 0.4) is 0 Å². The van der Waals surface area contributed by atoms with Crippen LogP contribution >= 0.6 is 0 Å². The van der Waals surface area contributed by atoms with E-state index >= 15 is 0 Å². The van der Waals surface area contributed by atoms with E-state index in [-0.39, 0.29) is 5.91 Å². The Morgan fingerprint density at radius 2 is 1.88 bits per heavy atom. The second kappa shape index (κ2) is 11.5. The molecule has 3 N–H and O–H groups in total. The number of aliphatic imine (C=N–C) groups is 1. The molecule has 0 aliphatic rings. The zero-order valence-corrected chi connectivity index (χ0v) is 15.0. The molecule has 0 aromatic heterocycles.